The van der Waals surface area contributed by atoms with Gasteiger partial charge in [-0.2, -0.15) is 5.10 Å². The van der Waals surface area contributed by atoms with Crippen LogP contribution in [0.15, 0.2) is 53.6 Å². The van der Waals surface area contributed by atoms with Crippen molar-refractivity contribution in [3.05, 3.63) is 64.2 Å². The van der Waals surface area contributed by atoms with Crippen LogP contribution in [0.25, 0.3) is 0 Å². The summed E-state index contributed by atoms with van der Waals surface area (Å²) in [6.07, 6.45) is 3.39. The predicted molar refractivity (Wildman–Crippen MR) is 101 cm³/mol. The summed E-state index contributed by atoms with van der Waals surface area (Å²) in [6, 6.07) is 12.9. The molecular formula is C19H21N3O5. The molecule has 0 saturated heterocycles. The van der Waals surface area contributed by atoms with Crippen LogP contribution in [0.3, 0.4) is 0 Å². The van der Waals surface area contributed by atoms with E-state index >= 15 is 0 Å². The van der Waals surface area contributed by atoms with Crippen LogP contribution in [0.5, 0.6) is 11.5 Å². The van der Waals surface area contributed by atoms with Crippen LogP contribution in [-0.2, 0) is 4.79 Å². The van der Waals surface area contributed by atoms with Crippen molar-refractivity contribution in [2.45, 2.75) is 19.8 Å². The molecule has 0 aromatic heterocycles. The fraction of sp³-hybridized carbons (Fsp3) is 0.263. The Bertz CT molecular complexity index is 790. The zero-order valence-electron chi connectivity index (χ0n) is 15.0. The molecule has 8 nitrogen and oxygen atoms in total. The molecule has 1 N–H and O–H groups in total. The summed E-state index contributed by atoms with van der Waals surface area (Å²) >= 11 is 0. The van der Waals surface area contributed by atoms with Gasteiger partial charge >= 0.3 is 0 Å². The van der Waals surface area contributed by atoms with Crippen molar-refractivity contribution in [2.75, 3.05) is 13.2 Å². The Balaban J connectivity index is 1.76. The summed E-state index contributed by atoms with van der Waals surface area (Å²) in [7, 11) is 0. The summed E-state index contributed by atoms with van der Waals surface area (Å²) in [6.45, 7) is 2.56. The molecule has 1 amide bonds. The Morgan fingerprint density at radius 3 is 2.56 bits per heavy atom. The van der Waals surface area contributed by atoms with Crippen LogP contribution in [0, 0.1) is 10.1 Å². The number of amides is 1. The molecule has 0 fully saturated rings. The first kappa shape index (κ1) is 19.9. The smallest absolute Gasteiger partial charge is 0.277 e. The van der Waals surface area contributed by atoms with E-state index in [4.69, 9.17) is 9.47 Å². The lowest BCUT2D eigenvalue weighted by atomic mass is 10.2. The largest absolute Gasteiger partial charge is 0.494 e. The van der Waals surface area contributed by atoms with Gasteiger partial charge in [-0.05, 0) is 30.7 Å². The van der Waals surface area contributed by atoms with Gasteiger partial charge in [0.05, 0.1) is 17.7 Å². The number of carbonyl (C=O) groups excluding carboxylic acids is 1. The van der Waals surface area contributed by atoms with E-state index in [1.807, 2.05) is 0 Å². The van der Waals surface area contributed by atoms with Crippen molar-refractivity contribution in [3.8, 4) is 11.5 Å². The molecule has 0 aliphatic carbocycles. The van der Waals surface area contributed by atoms with Crippen molar-refractivity contribution in [1.82, 2.24) is 5.43 Å². The van der Waals surface area contributed by atoms with Gasteiger partial charge < -0.3 is 9.47 Å². The Morgan fingerprint density at radius 1 is 1.19 bits per heavy atom. The lowest BCUT2D eigenvalue weighted by Gasteiger charge is -2.07. The minimum atomic E-state index is -0.496. The minimum Gasteiger partial charge on any atom is -0.494 e. The second kappa shape index (κ2) is 10.5. The number of non-ortho nitro benzene ring substituents is 1. The summed E-state index contributed by atoms with van der Waals surface area (Å²) in [4.78, 5) is 22.0. The van der Waals surface area contributed by atoms with Crippen molar-refractivity contribution in [1.29, 1.82) is 0 Å². The van der Waals surface area contributed by atoms with Gasteiger partial charge in [-0.1, -0.05) is 25.5 Å². The molecule has 2 rings (SSSR count). The van der Waals surface area contributed by atoms with E-state index in [0.717, 1.165) is 18.6 Å². The maximum absolute atomic E-state index is 11.7. The van der Waals surface area contributed by atoms with Gasteiger partial charge in [0.25, 0.3) is 11.6 Å². The lowest BCUT2D eigenvalue weighted by molar-refractivity contribution is -0.384. The number of carbonyl (C=O) groups is 1. The number of ether oxygens (including phenoxy) is 2. The summed E-state index contributed by atoms with van der Waals surface area (Å²) in [5.74, 6) is 0.845. The molecule has 2 aromatic carbocycles. The molecule has 0 heterocycles. The molecule has 8 heteroatoms. The number of nitro benzene ring substituents is 1. The number of hydrogen-bond acceptors (Lipinski definition) is 6. The minimum absolute atomic E-state index is 0.0456. The maximum Gasteiger partial charge on any atom is 0.277 e. The topological polar surface area (TPSA) is 103 Å². The molecule has 2 aromatic rings. The Labute approximate surface area is 157 Å². The number of benzene rings is 2. The molecule has 0 bridgehead atoms. The molecule has 0 spiro atoms. The number of hydrazone groups is 1. The van der Waals surface area contributed by atoms with Gasteiger partial charge in [-0.3, -0.25) is 14.9 Å². The molecule has 0 atom stereocenters. The normalized spacial score (nSPS) is 10.6. The molecular weight excluding hydrogens is 350 g/mol. The number of rotatable bonds is 10. The van der Waals surface area contributed by atoms with E-state index in [1.54, 1.807) is 36.4 Å². The number of nitrogens with zero attached hydrogens (tertiary/aromatic N) is 2. The van der Waals surface area contributed by atoms with E-state index in [2.05, 4.69) is 17.5 Å². The second-order valence-corrected chi connectivity index (χ2v) is 5.61. The third-order valence-corrected chi connectivity index (χ3v) is 3.44. The highest BCUT2D eigenvalue weighted by Crippen LogP contribution is 2.17. The first-order chi connectivity index (χ1) is 13.1. The number of hydrogen-bond donors (Lipinski definition) is 1. The van der Waals surface area contributed by atoms with E-state index in [1.165, 1.54) is 18.3 Å². The second-order valence-electron chi connectivity index (χ2n) is 5.61. The highest BCUT2D eigenvalue weighted by molar-refractivity contribution is 5.83. The zero-order chi connectivity index (χ0) is 19.5. The fourth-order valence-corrected chi connectivity index (χ4v) is 2.05. The standard InChI is InChI=1S/C19H21N3O5/c1-2-3-11-26-17-7-9-18(10-8-17)27-14-19(23)21-20-13-15-5-4-6-16(12-15)22(24)25/h4-10,12-13H,2-3,11,14H2,1H3,(H,21,23)/b20-13+. The van der Waals surface area contributed by atoms with E-state index < -0.39 is 10.8 Å². The summed E-state index contributed by atoms with van der Waals surface area (Å²) < 4.78 is 10.9. The molecule has 0 aliphatic rings. The van der Waals surface area contributed by atoms with Gasteiger partial charge in [0, 0.05) is 17.7 Å². The van der Waals surface area contributed by atoms with Crippen molar-refractivity contribution in [2.24, 2.45) is 5.10 Å². The first-order valence-corrected chi connectivity index (χ1v) is 8.50. The van der Waals surface area contributed by atoms with E-state index in [-0.39, 0.29) is 12.3 Å². The molecule has 0 radical (unpaired) electrons. The Morgan fingerprint density at radius 2 is 1.89 bits per heavy atom. The third-order valence-electron chi connectivity index (χ3n) is 3.44. The average Bonchev–Trinajstić information content (AvgIpc) is 2.68. The molecule has 142 valence electrons. The van der Waals surface area contributed by atoms with Crippen LogP contribution >= 0.6 is 0 Å². The van der Waals surface area contributed by atoms with Crippen LogP contribution in [-0.4, -0.2) is 30.3 Å². The van der Waals surface area contributed by atoms with Crippen LogP contribution in [0.4, 0.5) is 5.69 Å². The summed E-state index contributed by atoms with van der Waals surface area (Å²) in [5, 5.41) is 14.5. The Hall–Kier alpha value is -3.42. The van der Waals surface area contributed by atoms with Crippen LogP contribution < -0.4 is 14.9 Å². The molecule has 0 aliphatic heterocycles. The predicted octanol–water partition coefficient (Wildman–Crippen LogP) is 3.30. The van der Waals surface area contributed by atoms with E-state index in [9.17, 15) is 14.9 Å². The lowest BCUT2D eigenvalue weighted by Crippen LogP contribution is -2.24. The summed E-state index contributed by atoms with van der Waals surface area (Å²) in [5.41, 5.74) is 2.76. The first-order valence-electron chi connectivity index (χ1n) is 8.50. The number of unbranched alkanes of at least 4 members (excludes halogenated alkanes) is 1. The van der Waals surface area contributed by atoms with E-state index in [0.29, 0.717) is 17.9 Å². The SMILES string of the molecule is CCCCOc1ccc(OCC(=O)N/N=C/c2cccc([N+](=O)[O-])c2)cc1. The fourth-order valence-electron chi connectivity index (χ4n) is 2.05. The van der Waals surface area contributed by atoms with Crippen molar-refractivity contribution in [3.63, 3.8) is 0 Å². The van der Waals surface area contributed by atoms with Crippen LogP contribution in [0.2, 0.25) is 0 Å². The van der Waals surface area contributed by atoms with Gasteiger partial charge in [0.2, 0.25) is 0 Å². The quantitative estimate of drug-likeness (QED) is 0.299. The monoisotopic (exact) mass is 371 g/mol. The van der Waals surface area contributed by atoms with Crippen molar-refractivity contribution >= 4 is 17.8 Å². The Kier molecular flexibility index (Phi) is 7.77. The number of nitro groups is 1. The molecule has 27 heavy (non-hydrogen) atoms. The highest BCUT2D eigenvalue weighted by atomic mass is 16.6. The highest BCUT2D eigenvalue weighted by Gasteiger charge is 2.05. The average molecular weight is 371 g/mol. The van der Waals surface area contributed by atoms with Gasteiger partial charge in [-0.25, -0.2) is 5.43 Å². The van der Waals surface area contributed by atoms with Gasteiger partial charge in [0.15, 0.2) is 6.61 Å². The van der Waals surface area contributed by atoms with Crippen molar-refractivity contribution < 1.29 is 19.2 Å². The van der Waals surface area contributed by atoms with Gasteiger partial charge in [-0.15, -0.1) is 0 Å². The maximum atomic E-state index is 11.7. The molecule has 0 saturated carbocycles. The number of nitrogens with one attached hydrogen (secondary N) is 1. The zero-order valence-corrected chi connectivity index (χ0v) is 15.0. The third kappa shape index (κ3) is 7.15. The van der Waals surface area contributed by atoms with Gasteiger partial charge in [0.1, 0.15) is 11.5 Å². The molecule has 0 unspecified atom stereocenters. The van der Waals surface area contributed by atoms with Crippen LogP contribution in [0.1, 0.15) is 25.3 Å².